The van der Waals surface area contributed by atoms with Crippen molar-refractivity contribution in [2.75, 3.05) is 12.8 Å². The molecular weight excluding hydrogens is 511 g/mol. The van der Waals surface area contributed by atoms with Gasteiger partial charge in [-0.15, -0.1) is 24.0 Å². The molecule has 0 amide bonds. The lowest BCUT2D eigenvalue weighted by molar-refractivity contribution is 0.601. The average Bonchev–Trinajstić information content (AvgIpc) is 2.69. The van der Waals surface area contributed by atoms with Gasteiger partial charge in [0.15, 0.2) is 15.8 Å². The molecule has 0 unspecified atom stereocenters. The third-order valence-electron chi connectivity index (χ3n) is 4.59. The Kier molecular flexibility index (Phi) is 8.60. The smallest absolute Gasteiger partial charge is 0.191 e. The van der Waals surface area contributed by atoms with E-state index in [-0.39, 0.29) is 24.0 Å². The van der Waals surface area contributed by atoms with Crippen LogP contribution in [0.1, 0.15) is 23.6 Å². The van der Waals surface area contributed by atoms with E-state index in [4.69, 9.17) is 0 Å². The molecule has 3 aromatic rings. The van der Waals surface area contributed by atoms with E-state index in [1.54, 1.807) is 6.07 Å². The summed E-state index contributed by atoms with van der Waals surface area (Å²) >= 11 is 0. The second-order valence-electron chi connectivity index (χ2n) is 6.91. The molecular formula is C22H27IN4O2S. The van der Waals surface area contributed by atoms with Crippen LogP contribution < -0.4 is 10.6 Å². The first-order valence-electron chi connectivity index (χ1n) is 9.53. The lowest BCUT2D eigenvalue weighted by Gasteiger charge is -2.13. The Hall–Kier alpha value is -2.20. The number of aryl methyl sites for hydroxylation is 1. The summed E-state index contributed by atoms with van der Waals surface area (Å²) in [6.07, 6.45) is 3.04. The number of hydrogen-bond acceptors (Lipinski definition) is 4. The first-order chi connectivity index (χ1) is 13.9. The van der Waals surface area contributed by atoms with Crippen molar-refractivity contribution >= 4 is 50.7 Å². The first kappa shape index (κ1) is 24.1. The molecule has 1 heterocycles. The maximum absolute atomic E-state index is 11.8. The minimum Gasteiger partial charge on any atom is -0.357 e. The number of sulfone groups is 1. The molecule has 0 radical (unpaired) electrons. The van der Waals surface area contributed by atoms with E-state index in [2.05, 4.69) is 26.7 Å². The summed E-state index contributed by atoms with van der Waals surface area (Å²) in [5, 5.41) is 7.73. The van der Waals surface area contributed by atoms with Crippen LogP contribution in [-0.2, 0) is 22.9 Å². The average molecular weight is 538 g/mol. The normalized spacial score (nSPS) is 11.8. The Labute approximate surface area is 195 Å². The van der Waals surface area contributed by atoms with Crippen molar-refractivity contribution in [3.8, 4) is 0 Å². The number of para-hydroxylation sites is 1. The molecule has 0 aliphatic rings. The van der Waals surface area contributed by atoms with Gasteiger partial charge in [0.05, 0.1) is 17.0 Å². The predicted octanol–water partition coefficient (Wildman–Crippen LogP) is 3.82. The quantitative estimate of drug-likeness (QED) is 0.283. The minimum atomic E-state index is -3.21. The molecule has 8 heteroatoms. The molecule has 30 heavy (non-hydrogen) atoms. The minimum absolute atomic E-state index is 0. The number of halogens is 1. The van der Waals surface area contributed by atoms with Crippen molar-refractivity contribution in [1.29, 1.82) is 0 Å². The highest BCUT2D eigenvalue weighted by atomic mass is 127. The number of nitrogens with zero attached hydrogens (tertiary/aromatic N) is 2. The molecule has 0 aliphatic carbocycles. The van der Waals surface area contributed by atoms with Gasteiger partial charge < -0.3 is 10.6 Å². The van der Waals surface area contributed by atoms with Crippen LogP contribution in [0.2, 0.25) is 0 Å². The zero-order valence-electron chi connectivity index (χ0n) is 17.3. The topological polar surface area (TPSA) is 83.5 Å². The van der Waals surface area contributed by atoms with E-state index >= 15 is 0 Å². The Balaban J connectivity index is 0.00000320. The molecule has 6 nitrogen and oxygen atoms in total. The molecule has 3 rings (SSSR count). The van der Waals surface area contributed by atoms with Crippen molar-refractivity contribution in [2.24, 2.45) is 4.99 Å². The predicted molar refractivity (Wildman–Crippen MR) is 133 cm³/mol. The zero-order chi connectivity index (χ0) is 20.9. The summed E-state index contributed by atoms with van der Waals surface area (Å²) < 4.78 is 23.6. The molecule has 160 valence electrons. The van der Waals surface area contributed by atoms with Gasteiger partial charge in [0.25, 0.3) is 0 Å². The third kappa shape index (κ3) is 6.15. The maximum atomic E-state index is 11.8. The van der Waals surface area contributed by atoms with Gasteiger partial charge in [-0.25, -0.2) is 13.4 Å². The number of guanidine groups is 1. The fourth-order valence-electron chi connectivity index (χ4n) is 3.23. The largest absolute Gasteiger partial charge is 0.357 e. The SMILES string of the molecule is CCNC(=NCc1ccc(S(C)(=O)=O)c(C)c1)NCc1ccnc2ccccc12.I. The molecule has 0 bridgehead atoms. The van der Waals surface area contributed by atoms with E-state index in [9.17, 15) is 8.42 Å². The summed E-state index contributed by atoms with van der Waals surface area (Å²) in [4.78, 5) is 9.40. The highest BCUT2D eigenvalue weighted by molar-refractivity contribution is 14.0. The Morgan fingerprint density at radius 3 is 2.57 bits per heavy atom. The molecule has 2 N–H and O–H groups in total. The van der Waals surface area contributed by atoms with Gasteiger partial charge in [-0.05, 0) is 48.7 Å². The van der Waals surface area contributed by atoms with Crippen LogP contribution in [0.4, 0.5) is 0 Å². The molecule has 0 saturated heterocycles. The summed E-state index contributed by atoms with van der Waals surface area (Å²) in [6.45, 7) is 5.65. The lowest BCUT2D eigenvalue weighted by Crippen LogP contribution is -2.36. The number of fused-ring (bicyclic) bond motifs is 1. The van der Waals surface area contributed by atoms with E-state index in [1.165, 1.54) is 6.26 Å². The van der Waals surface area contributed by atoms with Crippen LogP contribution in [0.25, 0.3) is 10.9 Å². The van der Waals surface area contributed by atoms with Crippen LogP contribution in [0.5, 0.6) is 0 Å². The number of benzene rings is 2. The Morgan fingerprint density at radius 1 is 1.10 bits per heavy atom. The van der Waals surface area contributed by atoms with Gasteiger partial charge in [0, 0.05) is 30.9 Å². The summed E-state index contributed by atoms with van der Waals surface area (Å²) in [5.74, 6) is 0.707. The van der Waals surface area contributed by atoms with Gasteiger partial charge in [-0.1, -0.05) is 30.3 Å². The summed E-state index contributed by atoms with van der Waals surface area (Å²) in [5.41, 5.74) is 3.81. The lowest BCUT2D eigenvalue weighted by atomic mass is 10.1. The van der Waals surface area contributed by atoms with E-state index in [1.807, 2.05) is 56.4 Å². The number of pyridine rings is 1. The fraction of sp³-hybridized carbons (Fsp3) is 0.273. The molecule has 0 atom stereocenters. The third-order valence-corrected chi connectivity index (χ3v) is 5.85. The molecule has 0 spiro atoms. The first-order valence-corrected chi connectivity index (χ1v) is 11.4. The van der Waals surface area contributed by atoms with Crippen LogP contribution in [0.15, 0.2) is 64.6 Å². The molecule has 0 aliphatic heterocycles. The molecule has 0 fully saturated rings. The number of aliphatic imine (C=N–C) groups is 1. The second kappa shape index (κ2) is 10.7. The standard InChI is InChI=1S/C22H26N4O2S.HI/c1-4-23-22(25-14-17-9-10-21(16(2)13-17)29(3,27)28)26-15-18-11-12-24-20-8-6-5-7-19(18)20;/h5-13H,4,14-15H2,1-3H3,(H2,23,25,26);1H. The second-order valence-corrected chi connectivity index (χ2v) is 8.89. The van der Waals surface area contributed by atoms with Crippen molar-refractivity contribution < 1.29 is 8.42 Å². The van der Waals surface area contributed by atoms with Gasteiger partial charge in [0.1, 0.15) is 0 Å². The van der Waals surface area contributed by atoms with Crippen LogP contribution in [0.3, 0.4) is 0 Å². The van der Waals surface area contributed by atoms with Crippen LogP contribution >= 0.6 is 24.0 Å². The van der Waals surface area contributed by atoms with E-state index in [0.717, 1.165) is 34.1 Å². The Morgan fingerprint density at radius 2 is 1.87 bits per heavy atom. The number of aromatic nitrogens is 1. The fourth-order valence-corrected chi connectivity index (χ4v) is 4.19. The highest BCUT2D eigenvalue weighted by Crippen LogP contribution is 2.18. The number of nitrogens with one attached hydrogen (secondary N) is 2. The molecule has 1 aromatic heterocycles. The molecule has 0 saturated carbocycles. The number of hydrogen-bond donors (Lipinski definition) is 2. The zero-order valence-corrected chi connectivity index (χ0v) is 20.5. The van der Waals surface area contributed by atoms with Gasteiger partial charge in [-0.2, -0.15) is 0 Å². The summed E-state index contributed by atoms with van der Waals surface area (Å²) in [7, 11) is -3.21. The van der Waals surface area contributed by atoms with Gasteiger partial charge >= 0.3 is 0 Å². The van der Waals surface area contributed by atoms with Crippen LogP contribution in [-0.4, -0.2) is 32.2 Å². The van der Waals surface area contributed by atoms with Crippen molar-refractivity contribution in [2.45, 2.75) is 31.8 Å². The van der Waals surface area contributed by atoms with E-state index < -0.39 is 9.84 Å². The van der Waals surface area contributed by atoms with Gasteiger partial charge in [-0.3, -0.25) is 4.98 Å². The van der Waals surface area contributed by atoms with Crippen molar-refractivity contribution in [3.63, 3.8) is 0 Å². The Bertz CT molecular complexity index is 1140. The van der Waals surface area contributed by atoms with Crippen molar-refractivity contribution in [1.82, 2.24) is 15.6 Å². The van der Waals surface area contributed by atoms with Crippen molar-refractivity contribution in [3.05, 3.63) is 71.4 Å². The molecule has 2 aromatic carbocycles. The maximum Gasteiger partial charge on any atom is 0.191 e. The van der Waals surface area contributed by atoms with Crippen LogP contribution in [0, 0.1) is 6.92 Å². The van der Waals surface area contributed by atoms with E-state index in [0.29, 0.717) is 23.9 Å². The summed E-state index contributed by atoms with van der Waals surface area (Å²) in [6, 6.07) is 15.4. The highest BCUT2D eigenvalue weighted by Gasteiger charge is 2.11. The monoisotopic (exact) mass is 538 g/mol. The van der Waals surface area contributed by atoms with Gasteiger partial charge in [0.2, 0.25) is 0 Å². The number of rotatable bonds is 6.